The average molecular weight is 447 g/mol. The molecule has 1 aromatic heterocycles. The van der Waals surface area contributed by atoms with Crippen molar-refractivity contribution in [2.24, 2.45) is 0 Å². The fourth-order valence-electron chi connectivity index (χ4n) is 3.76. The van der Waals surface area contributed by atoms with Gasteiger partial charge in [0, 0.05) is 11.9 Å². The van der Waals surface area contributed by atoms with E-state index in [1.54, 1.807) is 47.5 Å². The molecule has 2 aromatic carbocycles. The highest BCUT2D eigenvalue weighted by molar-refractivity contribution is 6.26. The standard InChI is InChI=1S/C24H21N3O6/c1-3-20-18-12-22(32-2)21(28)11-17(18)19(24(29)25-15-7-5-4-6-8-15)14-26(20)13-16-9-10-23(33-16)27(30)31/h3-12,14,20,28H,1,13H2,2H3,(H,25,29). The molecule has 1 aliphatic heterocycles. The number of methoxy groups -OCH3 is 1. The molecule has 33 heavy (non-hydrogen) atoms. The van der Waals surface area contributed by atoms with Crippen LogP contribution in [-0.2, 0) is 11.3 Å². The second kappa shape index (κ2) is 8.91. The Labute approximate surface area is 189 Å². The lowest BCUT2D eigenvalue weighted by Gasteiger charge is -2.35. The number of ether oxygens (including phenoxy) is 1. The number of hydrogen-bond acceptors (Lipinski definition) is 7. The van der Waals surface area contributed by atoms with Gasteiger partial charge in [0.2, 0.25) is 0 Å². The minimum atomic E-state index is -0.609. The van der Waals surface area contributed by atoms with Gasteiger partial charge < -0.3 is 24.5 Å². The smallest absolute Gasteiger partial charge is 0.433 e. The molecular weight excluding hydrogens is 426 g/mol. The lowest BCUT2D eigenvalue weighted by Crippen LogP contribution is -2.29. The molecule has 1 aliphatic rings. The van der Waals surface area contributed by atoms with E-state index in [9.17, 15) is 20.0 Å². The lowest BCUT2D eigenvalue weighted by atomic mass is 9.89. The van der Waals surface area contributed by atoms with Crippen LogP contribution in [0.3, 0.4) is 0 Å². The SMILES string of the molecule is C=CC1c2cc(OC)c(O)cc2C(C(=O)Nc2ccccc2)=CN1Cc1ccc([N+](=O)[O-])o1. The van der Waals surface area contributed by atoms with Gasteiger partial charge in [-0.3, -0.25) is 14.9 Å². The number of phenols is 1. The number of amides is 1. The normalized spacial score (nSPS) is 14.8. The van der Waals surface area contributed by atoms with E-state index in [4.69, 9.17) is 9.15 Å². The first-order valence-electron chi connectivity index (χ1n) is 10.0. The molecule has 0 saturated carbocycles. The van der Waals surface area contributed by atoms with Crippen molar-refractivity contribution >= 4 is 23.1 Å². The first-order chi connectivity index (χ1) is 15.9. The minimum absolute atomic E-state index is 0.104. The Kier molecular flexibility index (Phi) is 5.86. The predicted octanol–water partition coefficient (Wildman–Crippen LogP) is 4.62. The first kappa shape index (κ1) is 21.7. The highest BCUT2D eigenvalue weighted by Crippen LogP contribution is 2.42. The molecule has 0 aliphatic carbocycles. The van der Waals surface area contributed by atoms with Crippen molar-refractivity contribution in [1.82, 2.24) is 4.90 Å². The fourth-order valence-corrected chi connectivity index (χ4v) is 3.76. The average Bonchev–Trinajstić information content (AvgIpc) is 3.28. The van der Waals surface area contributed by atoms with Gasteiger partial charge in [-0.15, -0.1) is 6.58 Å². The number of nitrogens with zero attached hydrogens (tertiary/aromatic N) is 2. The van der Waals surface area contributed by atoms with Crippen LogP contribution in [0.5, 0.6) is 11.5 Å². The van der Waals surface area contributed by atoms with Crippen molar-refractivity contribution in [2.45, 2.75) is 12.6 Å². The van der Waals surface area contributed by atoms with E-state index >= 15 is 0 Å². The van der Waals surface area contributed by atoms with Gasteiger partial charge in [-0.1, -0.05) is 24.3 Å². The third-order valence-corrected chi connectivity index (χ3v) is 5.28. The molecule has 1 atom stereocenters. The monoisotopic (exact) mass is 447 g/mol. The number of carbonyl (C=O) groups excluding carboxylic acids is 1. The van der Waals surface area contributed by atoms with Gasteiger partial charge in [0.1, 0.15) is 10.7 Å². The van der Waals surface area contributed by atoms with E-state index in [0.717, 1.165) is 0 Å². The molecule has 9 heteroatoms. The molecule has 0 spiro atoms. The summed E-state index contributed by atoms with van der Waals surface area (Å²) in [7, 11) is 1.44. The summed E-state index contributed by atoms with van der Waals surface area (Å²) in [6.45, 7) is 4.06. The molecule has 2 N–H and O–H groups in total. The van der Waals surface area contributed by atoms with Gasteiger partial charge in [0.25, 0.3) is 5.91 Å². The maximum Gasteiger partial charge on any atom is 0.433 e. The summed E-state index contributed by atoms with van der Waals surface area (Å²) < 4.78 is 10.6. The van der Waals surface area contributed by atoms with Gasteiger partial charge >= 0.3 is 5.88 Å². The summed E-state index contributed by atoms with van der Waals surface area (Å²) in [5.74, 6) is -0.256. The van der Waals surface area contributed by atoms with Crippen LogP contribution in [0.4, 0.5) is 11.6 Å². The number of aromatic hydroxyl groups is 1. The van der Waals surface area contributed by atoms with Crippen LogP contribution in [-0.4, -0.2) is 27.9 Å². The van der Waals surface area contributed by atoms with E-state index in [0.29, 0.717) is 28.1 Å². The van der Waals surface area contributed by atoms with Crippen LogP contribution in [0.2, 0.25) is 0 Å². The summed E-state index contributed by atoms with van der Waals surface area (Å²) >= 11 is 0. The Bertz CT molecular complexity index is 1250. The van der Waals surface area contributed by atoms with Crippen LogP contribution in [0.1, 0.15) is 22.9 Å². The third-order valence-electron chi connectivity index (χ3n) is 5.28. The van der Waals surface area contributed by atoms with Crippen molar-refractivity contribution in [2.75, 3.05) is 12.4 Å². The molecule has 9 nitrogen and oxygen atoms in total. The number of anilines is 1. The number of carbonyl (C=O) groups is 1. The third kappa shape index (κ3) is 4.29. The highest BCUT2D eigenvalue weighted by Gasteiger charge is 2.31. The van der Waals surface area contributed by atoms with Crippen molar-refractivity contribution in [1.29, 1.82) is 0 Å². The summed E-state index contributed by atoms with van der Waals surface area (Å²) in [4.78, 5) is 25.4. The first-order valence-corrected chi connectivity index (χ1v) is 10.0. The van der Waals surface area contributed by atoms with E-state index in [2.05, 4.69) is 11.9 Å². The van der Waals surface area contributed by atoms with Gasteiger partial charge in [-0.05, 0) is 41.5 Å². The summed E-state index contributed by atoms with van der Waals surface area (Å²) in [6, 6.07) is 14.5. The number of benzene rings is 2. The molecule has 0 fully saturated rings. The molecule has 0 bridgehead atoms. The summed E-state index contributed by atoms with van der Waals surface area (Å²) in [5.41, 5.74) is 2.11. The second-order valence-corrected chi connectivity index (χ2v) is 7.32. The van der Waals surface area contributed by atoms with Crippen molar-refractivity contribution in [3.63, 3.8) is 0 Å². The van der Waals surface area contributed by atoms with E-state index < -0.39 is 11.0 Å². The molecule has 3 aromatic rings. The number of nitro groups is 1. The van der Waals surface area contributed by atoms with Crippen LogP contribution in [0.25, 0.3) is 5.57 Å². The Balaban J connectivity index is 1.77. The predicted molar refractivity (Wildman–Crippen MR) is 122 cm³/mol. The molecule has 2 heterocycles. The fraction of sp³-hybridized carbons (Fsp3) is 0.125. The number of hydrogen-bond donors (Lipinski definition) is 2. The van der Waals surface area contributed by atoms with Gasteiger partial charge in [-0.2, -0.15) is 0 Å². The molecular formula is C24H21N3O6. The highest BCUT2D eigenvalue weighted by atomic mass is 16.6. The Morgan fingerprint density at radius 3 is 2.70 bits per heavy atom. The molecule has 0 radical (unpaired) electrons. The molecule has 0 saturated heterocycles. The Morgan fingerprint density at radius 1 is 1.30 bits per heavy atom. The zero-order chi connectivity index (χ0) is 23.5. The van der Waals surface area contributed by atoms with Crippen LogP contribution < -0.4 is 10.1 Å². The van der Waals surface area contributed by atoms with Crippen LogP contribution in [0, 0.1) is 10.1 Å². The number of phenolic OH excluding ortho intramolecular Hbond substituents is 1. The van der Waals surface area contributed by atoms with Crippen molar-refractivity contribution < 1.29 is 24.0 Å². The van der Waals surface area contributed by atoms with Crippen molar-refractivity contribution in [3.05, 3.63) is 100 Å². The number of nitrogens with one attached hydrogen (secondary N) is 1. The summed E-state index contributed by atoms with van der Waals surface area (Å²) in [6.07, 6.45) is 3.31. The largest absolute Gasteiger partial charge is 0.504 e. The van der Waals surface area contributed by atoms with Crippen LogP contribution >= 0.6 is 0 Å². The van der Waals surface area contributed by atoms with E-state index in [1.165, 1.54) is 25.3 Å². The van der Waals surface area contributed by atoms with Gasteiger partial charge in [-0.25, -0.2) is 0 Å². The lowest BCUT2D eigenvalue weighted by molar-refractivity contribution is -0.402. The number of rotatable bonds is 7. The van der Waals surface area contributed by atoms with E-state index in [-0.39, 0.29) is 29.8 Å². The van der Waals surface area contributed by atoms with E-state index in [1.807, 2.05) is 6.07 Å². The van der Waals surface area contributed by atoms with Gasteiger partial charge in [0.15, 0.2) is 11.5 Å². The Morgan fingerprint density at radius 2 is 2.06 bits per heavy atom. The minimum Gasteiger partial charge on any atom is -0.504 e. The zero-order valence-electron chi connectivity index (χ0n) is 17.7. The number of furan rings is 1. The molecule has 168 valence electrons. The maximum atomic E-state index is 13.2. The zero-order valence-corrected chi connectivity index (χ0v) is 17.7. The van der Waals surface area contributed by atoms with Gasteiger partial charge in [0.05, 0.1) is 31.3 Å². The number of para-hydroxylation sites is 1. The maximum absolute atomic E-state index is 13.2. The Hall–Kier alpha value is -4.53. The summed E-state index contributed by atoms with van der Waals surface area (Å²) in [5, 5.41) is 24.2. The molecule has 1 unspecified atom stereocenters. The number of fused-ring (bicyclic) bond motifs is 1. The molecule has 1 amide bonds. The molecule has 4 rings (SSSR count). The van der Waals surface area contributed by atoms with Crippen molar-refractivity contribution in [3.8, 4) is 11.5 Å². The van der Waals surface area contributed by atoms with Crippen LogP contribution in [0.15, 0.2) is 77.9 Å². The topological polar surface area (TPSA) is 118 Å². The second-order valence-electron chi connectivity index (χ2n) is 7.32. The quantitative estimate of drug-likeness (QED) is 0.308.